The lowest BCUT2D eigenvalue weighted by atomic mass is 10.0. The monoisotopic (exact) mass is 371 g/mol. The fourth-order valence-electron chi connectivity index (χ4n) is 3.45. The van der Waals surface area contributed by atoms with E-state index in [-0.39, 0.29) is 5.91 Å². The lowest BCUT2D eigenvalue weighted by Gasteiger charge is -2.14. The first-order valence-electron chi connectivity index (χ1n) is 8.68. The third kappa shape index (κ3) is 3.44. The summed E-state index contributed by atoms with van der Waals surface area (Å²) in [6.07, 6.45) is 3.54. The van der Waals surface area contributed by atoms with Crippen LogP contribution in [0.4, 0.5) is 5.69 Å². The highest BCUT2D eigenvalue weighted by atomic mass is 32.2. The van der Waals surface area contributed by atoms with Gasteiger partial charge in [0, 0.05) is 24.3 Å². The van der Waals surface area contributed by atoms with Crippen LogP contribution in [0.2, 0.25) is 0 Å². The number of carbonyl (C=O) groups excluding carboxylic acids is 1. The van der Waals surface area contributed by atoms with Crippen LogP contribution in [0.15, 0.2) is 30.3 Å². The molecule has 0 spiro atoms. The van der Waals surface area contributed by atoms with E-state index in [1.165, 1.54) is 12.8 Å². The van der Waals surface area contributed by atoms with E-state index in [2.05, 4.69) is 9.71 Å². The van der Waals surface area contributed by atoms with Gasteiger partial charge >= 0.3 is 0 Å². The van der Waals surface area contributed by atoms with Crippen molar-refractivity contribution in [2.75, 3.05) is 17.5 Å². The number of hydrogen-bond acceptors (Lipinski definition) is 4. The Bertz CT molecular complexity index is 997. The van der Waals surface area contributed by atoms with Crippen LogP contribution < -0.4 is 4.72 Å². The smallest absolute Gasteiger partial charge is 0.256 e. The summed E-state index contributed by atoms with van der Waals surface area (Å²) >= 11 is 0. The van der Waals surface area contributed by atoms with E-state index in [1.54, 1.807) is 18.2 Å². The summed E-state index contributed by atoms with van der Waals surface area (Å²) in [4.78, 5) is 19.2. The quantitative estimate of drug-likeness (QED) is 0.876. The molecule has 1 aromatic carbocycles. The minimum Gasteiger partial charge on any atom is -0.334 e. The molecule has 1 aromatic heterocycles. The molecule has 1 saturated carbocycles. The van der Waals surface area contributed by atoms with Crippen molar-refractivity contribution >= 4 is 21.6 Å². The van der Waals surface area contributed by atoms with Crippen LogP contribution in [0.1, 0.15) is 34.5 Å². The number of pyridine rings is 1. The zero-order valence-electron chi connectivity index (χ0n) is 14.8. The number of anilines is 1. The van der Waals surface area contributed by atoms with Gasteiger partial charge in [-0.15, -0.1) is 0 Å². The fraction of sp³-hybridized carbons (Fsp3) is 0.368. The second-order valence-electron chi connectivity index (χ2n) is 7.21. The lowest BCUT2D eigenvalue weighted by Crippen LogP contribution is -2.26. The molecule has 4 rings (SSSR count). The number of hydrogen-bond donors (Lipinski definition) is 1. The SMILES string of the molecule is Cc1nc(-c2cccc(NS(C)(=O)=O)c2)cc2c1C(=O)N(CC1CC1)C2. The number of sulfonamides is 1. The Morgan fingerprint density at radius 2 is 2.04 bits per heavy atom. The zero-order valence-corrected chi connectivity index (χ0v) is 15.6. The third-order valence-corrected chi connectivity index (χ3v) is 5.39. The molecule has 0 atom stereocenters. The largest absolute Gasteiger partial charge is 0.334 e. The molecule has 0 radical (unpaired) electrons. The number of nitrogens with zero attached hydrogens (tertiary/aromatic N) is 2. The van der Waals surface area contributed by atoms with Crippen LogP contribution in [0.25, 0.3) is 11.3 Å². The van der Waals surface area contributed by atoms with Gasteiger partial charge in [0.15, 0.2) is 0 Å². The molecule has 1 aliphatic carbocycles. The van der Waals surface area contributed by atoms with Crippen LogP contribution >= 0.6 is 0 Å². The maximum Gasteiger partial charge on any atom is 0.256 e. The van der Waals surface area contributed by atoms with Crippen molar-refractivity contribution < 1.29 is 13.2 Å². The van der Waals surface area contributed by atoms with Gasteiger partial charge in [0.25, 0.3) is 5.91 Å². The van der Waals surface area contributed by atoms with E-state index in [0.717, 1.165) is 40.9 Å². The number of aromatic nitrogens is 1. The second-order valence-corrected chi connectivity index (χ2v) is 8.96. The predicted octanol–water partition coefficient (Wildman–Crippen LogP) is 2.79. The summed E-state index contributed by atoms with van der Waals surface area (Å²) in [5.41, 5.74) is 4.51. The van der Waals surface area contributed by atoms with Crippen LogP contribution in [-0.4, -0.2) is 37.0 Å². The molecule has 7 heteroatoms. The van der Waals surface area contributed by atoms with Crippen molar-refractivity contribution in [1.29, 1.82) is 0 Å². The Morgan fingerprint density at radius 3 is 2.73 bits per heavy atom. The van der Waals surface area contributed by atoms with Crippen LogP contribution in [0.5, 0.6) is 0 Å². The number of fused-ring (bicyclic) bond motifs is 1. The topological polar surface area (TPSA) is 79.4 Å². The molecule has 1 amide bonds. The van der Waals surface area contributed by atoms with Crippen molar-refractivity contribution in [3.8, 4) is 11.3 Å². The summed E-state index contributed by atoms with van der Waals surface area (Å²) in [5.74, 6) is 0.732. The maximum absolute atomic E-state index is 12.6. The predicted molar refractivity (Wildman–Crippen MR) is 100 cm³/mol. The number of rotatable bonds is 5. The van der Waals surface area contributed by atoms with Crippen LogP contribution in [-0.2, 0) is 16.6 Å². The van der Waals surface area contributed by atoms with E-state index < -0.39 is 10.0 Å². The Labute approximate surface area is 153 Å². The van der Waals surface area contributed by atoms with E-state index >= 15 is 0 Å². The van der Waals surface area contributed by atoms with Crippen molar-refractivity contribution in [2.24, 2.45) is 5.92 Å². The number of benzene rings is 1. The maximum atomic E-state index is 12.6. The van der Waals surface area contributed by atoms with Crippen LogP contribution in [0, 0.1) is 12.8 Å². The first-order valence-corrected chi connectivity index (χ1v) is 10.6. The zero-order chi connectivity index (χ0) is 18.5. The van der Waals surface area contributed by atoms with Gasteiger partial charge in [-0.1, -0.05) is 12.1 Å². The molecule has 1 fully saturated rings. The molecule has 1 aliphatic heterocycles. The van der Waals surface area contributed by atoms with Gasteiger partial charge in [-0.25, -0.2) is 8.42 Å². The van der Waals surface area contributed by atoms with Gasteiger partial charge in [-0.05, 0) is 49.4 Å². The number of amides is 1. The minimum atomic E-state index is -3.34. The highest BCUT2D eigenvalue weighted by Crippen LogP contribution is 2.35. The van der Waals surface area contributed by atoms with E-state index in [0.29, 0.717) is 18.2 Å². The van der Waals surface area contributed by atoms with Crippen molar-refractivity contribution in [3.63, 3.8) is 0 Å². The van der Waals surface area contributed by atoms with Gasteiger partial charge in [0.1, 0.15) is 0 Å². The molecule has 2 aromatic rings. The van der Waals surface area contributed by atoms with Gasteiger partial charge in [-0.3, -0.25) is 14.5 Å². The van der Waals surface area contributed by atoms with Crippen LogP contribution in [0.3, 0.4) is 0 Å². The number of carbonyl (C=O) groups is 1. The third-order valence-electron chi connectivity index (χ3n) is 4.78. The number of aryl methyl sites for hydroxylation is 1. The van der Waals surface area contributed by atoms with Crippen molar-refractivity contribution in [1.82, 2.24) is 9.88 Å². The Morgan fingerprint density at radius 1 is 1.27 bits per heavy atom. The molecule has 6 nitrogen and oxygen atoms in total. The normalized spacial score (nSPS) is 16.7. The lowest BCUT2D eigenvalue weighted by molar-refractivity contribution is 0.0770. The van der Waals surface area contributed by atoms with Gasteiger partial charge in [-0.2, -0.15) is 0 Å². The molecule has 1 N–H and O–H groups in total. The highest BCUT2D eigenvalue weighted by Gasteiger charge is 2.34. The fourth-order valence-corrected chi connectivity index (χ4v) is 4.01. The van der Waals surface area contributed by atoms with Gasteiger partial charge < -0.3 is 4.90 Å². The molecule has 2 aliphatic rings. The van der Waals surface area contributed by atoms with Gasteiger partial charge in [0.05, 0.1) is 23.2 Å². The molecule has 2 heterocycles. The average Bonchev–Trinajstić information content (AvgIpc) is 3.30. The first kappa shape index (κ1) is 17.0. The highest BCUT2D eigenvalue weighted by molar-refractivity contribution is 7.92. The number of nitrogens with one attached hydrogen (secondary N) is 1. The minimum absolute atomic E-state index is 0.0796. The molecular formula is C19H21N3O3S. The van der Waals surface area contributed by atoms with Crippen molar-refractivity contribution in [2.45, 2.75) is 26.3 Å². The van der Waals surface area contributed by atoms with Crippen molar-refractivity contribution in [3.05, 3.63) is 47.2 Å². The summed E-state index contributed by atoms with van der Waals surface area (Å²) in [7, 11) is -3.34. The first-order chi connectivity index (χ1) is 12.3. The second kappa shape index (κ2) is 6.09. The summed E-state index contributed by atoms with van der Waals surface area (Å²) < 4.78 is 25.4. The average molecular weight is 371 g/mol. The Kier molecular flexibility index (Phi) is 3.99. The van der Waals surface area contributed by atoms with E-state index in [1.807, 2.05) is 24.0 Å². The molecule has 0 unspecified atom stereocenters. The molecule has 0 saturated heterocycles. The molecule has 26 heavy (non-hydrogen) atoms. The molecule has 0 bridgehead atoms. The standard InChI is InChI=1S/C19H21N3O3S/c1-12-18-15(11-22(19(18)23)10-13-6-7-13)9-17(20-12)14-4-3-5-16(8-14)21-26(2,24)25/h3-5,8-9,13,21H,6-7,10-11H2,1-2H3. The Hall–Kier alpha value is -2.41. The van der Waals surface area contributed by atoms with E-state index in [4.69, 9.17) is 0 Å². The summed E-state index contributed by atoms with van der Waals surface area (Å²) in [6, 6.07) is 9.09. The molecular weight excluding hydrogens is 350 g/mol. The Balaban J connectivity index is 1.67. The summed E-state index contributed by atoms with van der Waals surface area (Å²) in [6.45, 7) is 3.32. The molecule has 136 valence electrons. The van der Waals surface area contributed by atoms with E-state index in [9.17, 15) is 13.2 Å². The summed E-state index contributed by atoms with van der Waals surface area (Å²) in [5, 5.41) is 0. The van der Waals surface area contributed by atoms with Gasteiger partial charge in [0.2, 0.25) is 10.0 Å².